The predicted molar refractivity (Wildman–Crippen MR) is 85.9 cm³/mol. The van der Waals surface area contributed by atoms with Crippen molar-refractivity contribution in [2.24, 2.45) is 0 Å². The number of benzene rings is 2. The van der Waals surface area contributed by atoms with Crippen LogP contribution in [-0.2, 0) is 11.2 Å². The number of ether oxygens (including phenoxy) is 1. The Balaban J connectivity index is 1.92. The third-order valence-electron chi connectivity index (χ3n) is 3.43. The number of carbonyl (C=O) groups excluding carboxylic acids is 1. The van der Waals surface area contributed by atoms with Crippen molar-refractivity contribution in [2.75, 3.05) is 12.4 Å². The zero-order valence-electron chi connectivity index (χ0n) is 12.8. The highest BCUT2D eigenvalue weighted by Crippen LogP contribution is 2.17. The third-order valence-corrected chi connectivity index (χ3v) is 3.43. The summed E-state index contributed by atoms with van der Waals surface area (Å²) in [6.07, 6.45) is 1.16. The Kier molecular flexibility index (Phi) is 4.99. The van der Waals surface area contributed by atoms with Gasteiger partial charge >= 0.3 is 0 Å². The van der Waals surface area contributed by atoms with Gasteiger partial charge in [0.05, 0.1) is 7.11 Å². The van der Waals surface area contributed by atoms with E-state index in [0.717, 1.165) is 22.6 Å². The van der Waals surface area contributed by atoms with Crippen LogP contribution in [0.3, 0.4) is 0 Å². The van der Waals surface area contributed by atoms with Gasteiger partial charge < -0.3 is 10.1 Å². The van der Waals surface area contributed by atoms with Crippen molar-refractivity contribution in [1.82, 2.24) is 0 Å². The fourth-order valence-electron chi connectivity index (χ4n) is 2.25. The second kappa shape index (κ2) is 6.93. The molecule has 2 aromatic rings. The molecular weight excluding hydrogens is 262 g/mol. The molecule has 3 heteroatoms. The second-order valence-electron chi connectivity index (χ2n) is 5.22. The van der Waals surface area contributed by atoms with E-state index in [0.29, 0.717) is 12.8 Å². The van der Waals surface area contributed by atoms with Crippen LogP contribution in [0.1, 0.15) is 23.1 Å². The van der Waals surface area contributed by atoms with Gasteiger partial charge in [0, 0.05) is 12.1 Å². The van der Waals surface area contributed by atoms with Gasteiger partial charge in [-0.3, -0.25) is 4.79 Å². The average molecular weight is 283 g/mol. The maximum absolute atomic E-state index is 12.0. The van der Waals surface area contributed by atoms with Crippen LogP contribution in [0, 0.1) is 13.8 Å². The molecule has 0 atom stereocenters. The molecule has 2 rings (SSSR count). The Hall–Kier alpha value is -2.29. The van der Waals surface area contributed by atoms with Gasteiger partial charge in [-0.05, 0) is 49.6 Å². The minimum atomic E-state index is 0.0322. The van der Waals surface area contributed by atoms with Crippen LogP contribution in [0.2, 0.25) is 0 Å². The zero-order chi connectivity index (χ0) is 15.2. The predicted octanol–water partition coefficient (Wildman–Crippen LogP) is 3.88. The lowest BCUT2D eigenvalue weighted by Crippen LogP contribution is -2.13. The van der Waals surface area contributed by atoms with E-state index in [2.05, 4.69) is 11.4 Å². The summed E-state index contributed by atoms with van der Waals surface area (Å²) >= 11 is 0. The van der Waals surface area contributed by atoms with Gasteiger partial charge in [-0.2, -0.15) is 0 Å². The maximum atomic E-state index is 12.0. The number of nitrogens with one attached hydrogen (secondary N) is 1. The Morgan fingerprint density at radius 3 is 2.67 bits per heavy atom. The average Bonchev–Trinajstić information content (AvgIpc) is 2.48. The number of amides is 1. The number of rotatable bonds is 5. The Bertz CT molecular complexity index is 635. The smallest absolute Gasteiger partial charge is 0.224 e. The molecule has 0 spiro atoms. The first-order valence-electron chi connectivity index (χ1n) is 7.08. The molecule has 0 aliphatic rings. The first kappa shape index (κ1) is 15.1. The normalized spacial score (nSPS) is 10.2. The number of anilines is 1. The van der Waals surface area contributed by atoms with Gasteiger partial charge in [-0.15, -0.1) is 0 Å². The summed E-state index contributed by atoms with van der Waals surface area (Å²) in [5.41, 5.74) is 4.27. The van der Waals surface area contributed by atoms with Crippen LogP contribution in [0.15, 0.2) is 42.5 Å². The van der Waals surface area contributed by atoms with Crippen molar-refractivity contribution in [3.8, 4) is 5.75 Å². The Morgan fingerprint density at radius 2 is 1.95 bits per heavy atom. The molecule has 0 aliphatic carbocycles. The molecule has 3 nitrogen and oxygen atoms in total. The standard InChI is InChI=1S/C18H21NO2/c1-13-7-9-17(14(2)11-13)19-18(20)10-8-15-5-4-6-16(12-15)21-3/h4-7,9,11-12H,8,10H2,1-3H3,(H,19,20). The molecule has 2 aromatic carbocycles. The van der Waals surface area contributed by atoms with Gasteiger partial charge in [-0.1, -0.05) is 29.8 Å². The third kappa shape index (κ3) is 4.35. The molecule has 110 valence electrons. The summed E-state index contributed by atoms with van der Waals surface area (Å²) in [7, 11) is 1.64. The maximum Gasteiger partial charge on any atom is 0.224 e. The lowest BCUT2D eigenvalue weighted by atomic mass is 10.1. The number of methoxy groups -OCH3 is 1. The number of carbonyl (C=O) groups is 1. The largest absolute Gasteiger partial charge is 0.497 e. The van der Waals surface area contributed by atoms with Gasteiger partial charge in [0.15, 0.2) is 0 Å². The zero-order valence-corrected chi connectivity index (χ0v) is 12.8. The van der Waals surface area contributed by atoms with Crippen LogP contribution < -0.4 is 10.1 Å². The summed E-state index contributed by atoms with van der Waals surface area (Å²) in [5, 5.41) is 2.97. The van der Waals surface area contributed by atoms with Crippen LogP contribution >= 0.6 is 0 Å². The first-order chi connectivity index (χ1) is 10.1. The fourth-order valence-corrected chi connectivity index (χ4v) is 2.25. The van der Waals surface area contributed by atoms with Crippen LogP contribution in [0.5, 0.6) is 5.75 Å². The van der Waals surface area contributed by atoms with Crippen molar-refractivity contribution < 1.29 is 9.53 Å². The van der Waals surface area contributed by atoms with E-state index < -0.39 is 0 Å². The second-order valence-corrected chi connectivity index (χ2v) is 5.22. The van der Waals surface area contributed by atoms with E-state index in [1.54, 1.807) is 7.11 Å². The van der Waals surface area contributed by atoms with Crippen molar-refractivity contribution in [3.63, 3.8) is 0 Å². The first-order valence-corrected chi connectivity index (χ1v) is 7.08. The Labute approximate surface area is 126 Å². The lowest BCUT2D eigenvalue weighted by molar-refractivity contribution is -0.116. The molecular formula is C18H21NO2. The van der Waals surface area contributed by atoms with Crippen molar-refractivity contribution in [1.29, 1.82) is 0 Å². The molecule has 0 radical (unpaired) electrons. The van der Waals surface area contributed by atoms with E-state index in [-0.39, 0.29) is 5.91 Å². The molecule has 1 amide bonds. The number of aryl methyl sites for hydroxylation is 3. The van der Waals surface area contributed by atoms with Crippen LogP contribution in [0.25, 0.3) is 0 Å². The summed E-state index contributed by atoms with van der Waals surface area (Å²) in [6.45, 7) is 4.05. The highest BCUT2D eigenvalue weighted by atomic mass is 16.5. The number of hydrogen-bond donors (Lipinski definition) is 1. The van der Waals surface area contributed by atoms with E-state index >= 15 is 0 Å². The Morgan fingerprint density at radius 1 is 1.14 bits per heavy atom. The van der Waals surface area contributed by atoms with E-state index in [1.807, 2.05) is 50.2 Å². The molecule has 0 unspecified atom stereocenters. The summed E-state index contributed by atoms with van der Waals surface area (Å²) in [6, 6.07) is 13.8. The van der Waals surface area contributed by atoms with Crippen LogP contribution in [-0.4, -0.2) is 13.0 Å². The summed E-state index contributed by atoms with van der Waals surface area (Å²) in [4.78, 5) is 12.0. The number of hydrogen-bond acceptors (Lipinski definition) is 2. The van der Waals surface area contributed by atoms with Crippen LogP contribution in [0.4, 0.5) is 5.69 Å². The van der Waals surface area contributed by atoms with E-state index in [1.165, 1.54) is 5.56 Å². The molecule has 0 saturated carbocycles. The van der Waals surface area contributed by atoms with Gasteiger partial charge in [0.2, 0.25) is 5.91 Å². The van der Waals surface area contributed by atoms with Crippen molar-refractivity contribution in [3.05, 3.63) is 59.2 Å². The minimum absolute atomic E-state index is 0.0322. The summed E-state index contributed by atoms with van der Waals surface area (Å²) < 4.78 is 5.18. The quantitative estimate of drug-likeness (QED) is 0.904. The highest BCUT2D eigenvalue weighted by Gasteiger charge is 2.06. The lowest BCUT2D eigenvalue weighted by Gasteiger charge is -2.09. The molecule has 0 aliphatic heterocycles. The van der Waals surface area contributed by atoms with Gasteiger partial charge in [-0.25, -0.2) is 0 Å². The van der Waals surface area contributed by atoms with E-state index in [4.69, 9.17) is 4.74 Å². The van der Waals surface area contributed by atoms with Gasteiger partial charge in [0.1, 0.15) is 5.75 Å². The summed E-state index contributed by atoms with van der Waals surface area (Å²) in [5.74, 6) is 0.854. The molecule has 0 aromatic heterocycles. The van der Waals surface area contributed by atoms with Crippen molar-refractivity contribution in [2.45, 2.75) is 26.7 Å². The van der Waals surface area contributed by atoms with E-state index in [9.17, 15) is 4.79 Å². The van der Waals surface area contributed by atoms with Gasteiger partial charge in [0.25, 0.3) is 0 Å². The highest BCUT2D eigenvalue weighted by molar-refractivity contribution is 5.91. The molecule has 0 heterocycles. The minimum Gasteiger partial charge on any atom is -0.497 e. The SMILES string of the molecule is COc1cccc(CCC(=O)Nc2ccc(C)cc2C)c1. The topological polar surface area (TPSA) is 38.3 Å². The molecule has 1 N–H and O–H groups in total. The monoisotopic (exact) mass is 283 g/mol. The fraction of sp³-hybridized carbons (Fsp3) is 0.278. The van der Waals surface area contributed by atoms with Crippen molar-refractivity contribution >= 4 is 11.6 Å². The molecule has 0 bridgehead atoms. The molecule has 0 fully saturated rings. The molecule has 21 heavy (non-hydrogen) atoms. The molecule has 0 saturated heterocycles.